The fraction of sp³-hybridized carbons (Fsp3) is 0.389. The molecule has 1 N–H and O–H groups in total. The van der Waals surface area contributed by atoms with Gasteiger partial charge >= 0.3 is 0 Å². The highest BCUT2D eigenvalue weighted by Gasteiger charge is 2.30. The molecule has 5 nitrogen and oxygen atoms in total. The topological polar surface area (TPSA) is 64.1 Å². The minimum absolute atomic E-state index is 0.0244. The van der Waals surface area contributed by atoms with Gasteiger partial charge in [0.15, 0.2) is 0 Å². The number of hydrogen-bond donors (Lipinski definition) is 1. The number of carbonyl (C=O) groups excluding carboxylic acids is 1. The van der Waals surface area contributed by atoms with Crippen molar-refractivity contribution in [1.29, 1.82) is 0 Å². The van der Waals surface area contributed by atoms with Crippen LogP contribution in [-0.2, 0) is 11.2 Å². The largest absolute Gasteiger partial charge is 0.379 e. The zero-order valence-electron chi connectivity index (χ0n) is 13.5. The molecule has 2 atom stereocenters. The Labute approximate surface area is 136 Å². The summed E-state index contributed by atoms with van der Waals surface area (Å²) in [6.07, 6.45) is 4.46. The van der Waals surface area contributed by atoms with Crippen LogP contribution in [0.2, 0.25) is 0 Å². The van der Waals surface area contributed by atoms with E-state index < -0.39 is 0 Å². The number of carbonyl (C=O) groups is 1. The van der Waals surface area contributed by atoms with E-state index in [1.165, 1.54) is 5.56 Å². The van der Waals surface area contributed by atoms with Crippen LogP contribution < -0.4 is 5.32 Å². The van der Waals surface area contributed by atoms with Gasteiger partial charge in [-0.05, 0) is 50.1 Å². The Kier molecular flexibility index (Phi) is 4.67. The van der Waals surface area contributed by atoms with Crippen molar-refractivity contribution < 1.29 is 9.53 Å². The molecule has 0 radical (unpaired) electrons. The normalized spacial score (nSPS) is 20.4. The van der Waals surface area contributed by atoms with E-state index in [1.54, 1.807) is 12.4 Å². The minimum Gasteiger partial charge on any atom is -0.379 e. The van der Waals surface area contributed by atoms with Crippen LogP contribution >= 0.6 is 0 Å². The summed E-state index contributed by atoms with van der Waals surface area (Å²) >= 11 is 0. The minimum atomic E-state index is -0.0785. The van der Waals surface area contributed by atoms with Gasteiger partial charge in [-0.25, -0.2) is 0 Å². The Balaban J connectivity index is 1.67. The molecule has 0 aromatic carbocycles. The predicted octanol–water partition coefficient (Wildman–Crippen LogP) is 2.08. The van der Waals surface area contributed by atoms with Crippen molar-refractivity contribution in [2.24, 2.45) is 5.92 Å². The van der Waals surface area contributed by atoms with Crippen molar-refractivity contribution in [2.75, 3.05) is 13.2 Å². The smallest absolute Gasteiger partial charge is 0.253 e. The van der Waals surface area contributed by atoms with E-state index in [2.05, 4.69) is 15.3 Å². The maximum atomic E-state index is 12.5. The van der Waals surface area contributed by atoms with E-state index >= 15 is 0 Å². The highest BCUT2D eigenvalue weighted by molar-refractivity contribution is 5.95. The van der Waals surface area contributed by atoms with Gasteiger partial charge in [0.25, 0.3) is 5.91 Å². The third kappa shape index (κ3) is 3.74. The quantitative estimate of drug-likeness (QED) is 0.939. The summed E-state index contributed by atoms with van der Waals surface area (Å²) in [7, 11) is 0. The average Bonchev–Trinajstić information content (AvgIpc) is 2.95. The third-order valence-corrected chi connectivity index (χ3v) is 4.23. The molecule has 3 rings (SSSR count). The highest BCUT2D eigenvalue weighted by Crippen LogP contribution is 2.19. The highest BCUT2D eigenvalue weighted by atomic mass is 16.5. The number of rotatable bonds is 4. The molecule has 23 heavy (non-hydrogen) atoms. The van der Waals surface area contributed by atoms with Crippen LogP contribution in [0.25, 0.3) is 0 Å². The van der Waals surface area contributed by atoms with E-state index in [9.17, 15) is 4.79 Å². The second-order valence-electron chi connectivity index (χ2n) is 6.02. The number of nitrogens with zero attached hydrogens (tertiary/aromatic N) is 2. The lowest BCUT2D eigenvalue weighted by atomic mass is 9.95. The molecule has 2 aromatic rings. The third-order valence-electron chi connectivity index (χ3n) is 4.23. The van der Waals surface area contributed by atoms with E-state index in [0.717, 1.165) is 17.8 Å². The van der Waals surface area contributed by atoms with Crippen LogP contribution in [-0.4, -0.2) is 35.1 Å². The molecular formula is C18H21N3O2. The van der Waals surface area contributed by atoms with Crippen LogP contribution in [0.5, 0.6) is 0 Å². The second kappa shape index (κ2) is 6.87. The van der Waals surface area contributed by atoms with Gasteiger partial charge < -0.3 is 10.1 Å². The zero-order chi connectivity index (χ0) is 16.2. The first-order chi connectivity index (χ1) is 11.1. The lowest BCUT2D eigenvalue weighted by molar-refractivity contribution is 0.0924. The Hall–Kier alpha value is -2.27. The van der Waals surface area contributed by atoms with E-state index in [-0.39, 0.29) is 17.9 Å². The molecule has 1 saturated heterocycles. The first-order valence-corrected chi connectivity index (χ1v) is 7.85. The molecule has 3 heterocycles. The van der Waals surface area contributed by atoms with Gasteiger partial charge in [-0.2, -0.15) is 0 Å². The van der Waals surface area contributed by atoms with Crippen LogP contribution in [0, 0.1) is 19.8 Å². The maximum absolute atomic E-state index is 12.5. The molecule has 0 spiro atoms. The molecule has 1 fully saturated rings. The van der Waals surface area contributed by atoms with Crippen molar-refractivity contribution in [1.82, 2.24) is 15.3 Å². The number of amides is 1. The molecular weight excluding hydrogens is 290 g/mol. The summed E-state index contributed by atoms with van der Waals surface area (Å²) in [5.41, 5.74) is 3.51. The number of nitrogens with one attached hydrogen (secondary N) is 1. The van der Waals surface area contributed by atoms with Crippen LogP contribution in [0.3, 0.4) is 0 Å². The average molecular weight is 311 g/mol. The van der Waals surface area contributed by atoms with E-state index in [1.807, 2.05) is 38.1 Å². The molecule has 1 aliphatic heterocycles. The molecule has 1 amide bonds. The SMILES string of the molecule is Cc1ccc(C(=O)N[C@H]2COC[C@H]2Cc2ccncc2)c(C)n1. The first kappa shape index (κ1) is 15.6. The number of hydrogen-bond acceptors (Lipinski definition) is 4. The molecule has 120 valence electrons. The number of pyridine rings is 2. The fourth-order valence-electron chi connectivity index (χ4n) is 2.95. The second-order valence-corrected chi connectivity index (χ2v) is 6.02. The summed E-state index contributed by atoms with van der Waals surface area (Å²) in [5.74, 6) is 0.199. The summed E-state index contributed by atoms with van der Waals surface area (Å²) in [6, 6.07) is 7.73. The first-order valence-electron chi connectivity index (χ1n) is 7.85. The van der Waals surface area contributed by atoms with Crippen molar-refractivity contribution in [3.8, 4) is 0 Å². The molecule has 0 unspecified atom stereocenters. The number of ether oxygens (including phenoxy) is 1. The standard InChI is InChI=1S/C18H21N3O2/c1-12-3-4-16(13(2)20-12)18(22)21-17-11-23-10-15(17)9-14-5-7-19-8-6-14/h3-8,15,17H,9-11H2,1-2H3,(H,21,22)/t15-,17+/m1/s1. The van der Waals surface area contributed by atoms with Crippen LogP contribution in [0.1, 0.15) is 27.3 Å². The fourth-order valence-corrected chi connectivity index (χ4v) is 2.95. The van der Waals surface area contributed by atoms with Gasteiger partial charge in [-0.15, -0.1) is 0 Å². The predicted molar refractivity (Wildman–Crippen MR) is 87.2 cm³/mol. The Morgan fingerprint density at radius 2 is 2.00 bits per heavy atom. The Morgan fingerprint density at radius 3 is 2.74 bits per heavy atom. The van der Waals surface area contributed by atoms with Gasteiger partial charge in [0.1, 0.15) is 0 Å². The summed E-state index contributed by atoms with van der Waals surface area (Å²) in [5, 5.41) is 3.11. The number of aromatic nitrogens is 2. The van der Waals surface area contributed by atoms with E-state index in [4.69, 9.17) is 4.74 Å². The molecule has 0 aliphatic carbocycles. The van der Waals surface area contributed by atoms with Crippen molar-refractivity contribution in [3.05, 3.63) is 59.2 Å². The van der Waals surface area contributed by atoms with Gasteiger partial charge in [-0.3, -0.25) is 14.8 Å². The van der Waals surface area contributed by atoms with Crippen molar-refractivity contribution in [3.63, 3.8) is 0 Å². The van der Waals surface area contributed by atoms with Crippen molar-refractivity contribution in [2.45, 2.75) is 26.3 Å². The Bertz CT molecular complexity index is 688. The van der Waals surface area contributed by atoms with Gasteiger partial charge in [0, 0.05) is 24.0 Å². The molecule has 5 heteroatoms. The maximum Gasteiger partial charge on any atom is 0.253 e. The number of aryl methyl sites for hydroxylation is 2. The van der Waals surface area contributed by atoms with Crippen LogP contribution in [0.15, 0.2) is 36.7 Å². The zero-order valence-corrected chi connectivity index (χ0v) is 13.5. The van der Waals surface area contributed by atoms with Crippen LogP contribution in [0.4, 0.5) is 0 Å². The van der Waals surface area contributed by atoms with E-state index in [0.29, 0.717) is 18.8 Å². The van der Waals surface area contributed by atoms with Gasteiger partial charge in [0.05, 0.1) is 30.5 Å². The van der Waals surface area contributed by atoms with Gasteiger partial charge in [0.2, 0.25) is 0 Å². The summed E-state index contributed by atoms with van der Waals surface area (Å²) in [4.78, 5) is 20.9. The molecule has 1 aliphatic rings. The molecule has 0 saturated carbocycles. The lowest BCUT2D eigenvalue weighted by Crippen LogP contribution is -2.41. The molecule has 0 bridgehead atoms. The van der Waals surface area contributed by atoms with Crippen molar-refractivity contribution >= 4 is 5.91 Å². The Morgan fingerprint density at radius 1 is 1.22 bits per heavy atom. The summed E-state index contributed by atoms with van der Waals surface area (Å²) < 4.78 is 5.58. The van der Waals surface area contributed by atoms with Gasteiger partial charge in [-0.1, -0.05) is 0 Å². The molecule has 2 aromatic heterocycles. The monoisotopic (exact) mass is 311 g/mol. The summed E-state index contributed by atoms with van der Waals surface area (Å²) in [6.45, 7) is 5.00. The lowest BCUT2D eigenvalue weighted by Gasteiger charge is -2.19.